The maximum Gasteiger partial charge on any atom is 0.343 e. The van der Waals surface area contributed by atoms with Gasteiger partial charge in [0.05, 0.1) is 18.6 Å². The Morgan fingerprint density at radius 1 is 1.11 bits per heavy atom. The second-order valence-electron chi connectivity index (χ2n) is 5.83. The third-order valence-electron chi connectivity index (χ3n) is 3.89. The molecule has 144 valence electrons. The van der Waals surface area contributed by atoms with E-state index in [4.69, 9.17) is 4.74 Å². The number of halogens is 1. The van der Waals surface area contributed by atoms with Crippen LogP contribution in [0.1, 0.15) is 11.1 Å². The van der Waals surface area contributed by atoms with Crippen molar-refractivity contribution < 1.29 is 28.2 Å². The van der Waals surface area contributed by atoms with Crippen molar-refractivity contribution in [1.82, 2.24) is 4.90 Å². The number of esters is 1. The van der Waals surface area contributed by atoms with E-state index in [1.165, 1.54) is 31.4 Å². The molecule has 0 saturated carbocycles. The molecule has 28 heavy (non-hydrogen) atoms. The molecule has 3 rings (SSSR count). The Hall–Kier alpha value is -3.13. The summed E-state index contributed by atoms with van der Waals surface area (Å²) in [5.74, 6) is -0.784. The van der Waals surface area contributed by atoms with E-state index < -0.39 is 11.9 Å². The van der Waals surface area contributed by atoms with E-state index in [0.717, 1.165) is 16.7 Å². The second kappa shape index (κ2) is 8.71. The number of hydrogen-bond acceptors (Lipinski definition) is 6. The summed E-state index contributed by atoms with van der Waals surface area (Å²) in [6.07, 6.45) is 1.61. The highest BCUT2D eigenvalue weighted by molar-refractivity contribution is 8.18. The van der Waals surface area contributed by atoms with Crippen molar-refractivity contribution in [3.63, 3.8) is 0 Å². The first-order valence-corrected chi connectivity index (χ1v) is 9.07. The van der Waals surface area contributed by atoms with Gasteiger partial charge in [-0.25, -0.2) is 9.18 Å². The molecular weight excluding hydrogens is 385 g/mol. The van der Waals surface area contributed by atoms with E-state index in [9.17, 15) is 18.8 Å². The smallest absolute Gasteiger partial charge is 0.343 e. The van der Waals surface area contributed by atoms with Crippen molar-refractivity contribution in [2.24, 2.45) is 0 Å². The average molecular weight is 401 g/mol. The second-order valence-corrected chi connectivity index (χ2v) is 6.82. The predicted molar refractivity (Wildman–Crippen MR) is 102 cm³/mol. The molecule has 2 amide bonds. The molecule has 0 aromatic heterocycles. The maximum atomic E-state index is 13.0. The third kappa shape index (κ3) is 4.77. The largest absolute Gasteiger partial charge is 0.482 e. The zero-order valence-corrected chi connectivity index (χ0v) is 15.7. The highest BCUT2D eigenvalue weighted by Gasteiger charge is 2.34. The Morgan fingerprint density at radius 2 is 1.79 bits per heavy atom. The number of rotatable bonds is 6. The molecule has 0 N–H and O–H groups in total. The molecule has 1 fully saturated rings. The predicted octanol–water partition coefficient (Wildman–Crippen LogP) is 3.61. The number of benzene rings is 2. The monoisotopic (exact) mass is 401 g/mol. The van der Waals surface area contributed by atoms with Crippen molar-refractivity contribution in [2.45, 2.75) is 6.54 Å². The Morgan fingerprint density at radius 3 is 2.43 bits per heavy atom. The van der Waals surface area contributed by atoms with E-state index >= 15 is 0 Å². The topological polar surface area (TPSA) is 72.9 Å². The standard InChI is InChI=1S/C20H16FNO5S/c1-26-18(23)12-27-16-8-4-13(5-9-16)10-17-19(24)22(20(25)28-17)11-14-2-6-15(21)7-3-14/h2-10H,11-12H2,1H3/b17-10-. The fraction of sp³-hybridized carbons (Fsp3) is 0.150. The molecule has 0 atom stereocenters. The Balaban J connectivity index is 1.67. The van der Waals surface area contributed by atoms with Crippen LogP contribution >= 0.6 is 11.8 Å². The molecule has 2 aromatic rings. The maximum absolute atomic E-state index is 13.0. The zero-order valence-electron chi connectivity index (χ0n) is 14.9. The molecule has 6 nitrogen and oxygen atoms in total. The lowest BCUT2D eigenvalue weighted by Crippen LogP contribution is -2.27. The van der Waals surface area contributed by atoms with Crippen LogP contribution < -0.4 is 4.74 Å². The number of carbonyl (C=O) groups is 3. The van der Waals surface area contributed by atoms with Crippen molar-refractivity contribution in [3.05, 3.63) is 70.4 Å². The van der Waals surface area contributed by atoms with E-state index in [1.807, 2.05) is 0 Å². The van der Waals surface area contributed by atoms with Gasteiger partial charge in [0.1, 0.15) is 11.6 Å². The Labute approximate surface area is 164 Å². The number of hydrogen-bond donors (Lipinski definition) is 0. The summed E-state index contributed by atoms with van der Waals surface area (Å²) in [7, 11) is 1.28. The summed E-state index contributed by atoms with van der Waals surface area (Å²) in [5, 5.41) is -0.376. The van der Waals surface area contributed by atoms with Crippen LogP contribution in [0.25, 0.3) is 6.08 Å². The number of amides is 2. The number of ether oxygens (including phenoxy) is 2. The molecule has 1 heterocycles. The van der Waals surface area contributed by atoms with Gasteiger partial charge in [0.15, 0.2) is 6.61 Å². The van der Waals surface area contributed by atoms with Gasteiger partial charge in [-0.05, 0) is 53.2 Å². The van der Waals surface area contributed by atoms with E-state index in [2.05, 4.69) is 4.74 Å². The number of methoxy groups -OCH3 is 1. The van der Waals surface area contributed by atoms with E-state index in [-0.39, 0.29) is 24.2 Å². The number of carbonyl (C=O) groups excluding carboxylic acids is 3. The van der Waals surface area contributed by atoms with Crippen LogP contribution in [0, 0.1) is 5.82 Å². The van der Waals surface area contributed by atoms with Crippen LogP contribution in [0.15, 0.2) is 53.4 Å². The summed E-state index contributed by atoms with van der Waals surface area (Å²) >= 11 is 0.852. The fourth-order valence-electron chi connectivity index (χ4n) is 2.42. The number of imide groups is 1. The molecule has 0 unspecified atom stereocenters. The molecule has 1 saturated heterocycles. The molecule has 0 aliphatic carbocycles. The molecule has 0 spiro atoms. The van der Waals surface area contributed by atoms with Crippen molar-refractivity contribution in [1.29, 1.82) is 0 Å². The van der Waals surface area contributed by atoms with Crippen LogP contribution in [0.2, 0.25) is 0 Å². The zero-order chi connectivity index (χ0) is 20.1. The van der Waals surface area contributed by atoms with Gasteiger partial charge in [0.2, 0.25) is 0 Å². The molecule has 1 aliphatic heterocycles. The SMILES string of the molecule is COC(=O)COc1ccc(/C=C2\SC(=O)N(Cc3ccc(F)cc3)C2=O)cc1. The van der Waals surface area contributed by atoms with Gasteiger partial charge in [0, 0.05) is 0 Å². The highest BCUT2D eigenvalue weighted by atomic mass is 32.2. The molecule has 8 heteroatoms. The first-order chi connectivity index (χ1) is 13.5. The van der Waals surface area contributed by atoms with E-state index in [1.54, 1.807) is 30.3 Å². The van der Waals surface area contributed by atoms with Crippen molar-refractivity contribution >= 4 is 35.0 Å². The van der Waals surface area contributed by atoms with Gasteiger partial charge >= 0.3 is 5.97 Å². The van der Waals surface area contributed by atoms with Crippen LogP contribution in [0.4, 0.5) is 9.18 Å². The number of nitrogens with zero attached hydrogens (tertiary/aromatic N) is 1. The minimum atomic E-state index is -0.487. The summed E-state index contributed by atoms with van der Waals surface area (Å²) < 4.78 is 22.8. The van der Waals surface area contributed by atoms with Gasteiger partial charge in [-0.1, -0.05) is 24.3 Å². The van der Waals surface area contributed by atoms with Gasteiger partial charge in [-0.15, -0.1) is 0 Å². The molecule has 0 bridgehead atoms. The van der Waals surface area contributed by atoms with Gasteiger partial charge in [-0.2, -0.15) is 0 Å². The van der Waals surface area contributed by atoms with Crippen LogP contribution in [-0.2, 0) is 20.9 Å². The first kappa shape index (κ1) is 19.6. The molecule has 1 aliphatic rings. The summed E-state index contributed by atoms with van der Waals surface area (Å²) in [6.45, 7) is -0.110. The van der Waals surface area contributed by atoms with Crippen LogP contribution in [0.3, 0.4) is 0 Å². The Bertz CT molecular complexity index is 925. The van der Waals surface area contributed by atoms with Crippen molar-refractivity contribution in [2.75, 3.05) is 13.7 Å². The normalized spacial score (nSPS) is 15.2. The number of thioether (sulfide) groups is 1. The molecular formula is C20H16FNO5S. The lowest BCUT2D eigenvalue weighted by molar-refractivity contribution is -0.142. The minimum Gasteiger partial charge on any atom is -0.482 e. The van der Waals surface area contributed by atoms with Crippen molar-refractivity contribution in [3.8, 4) is 5.75 Å². The lowest BCUT2D eigenvalue weighted by atomic mass is 10.2. The van der Waals surface area contributed by atoms with E-state index in [0.29, 0.717) is 21.8 Å². The minimum absolute atomic E-state index is 0.0859. The highest BCUT2D eigenvalue weighted by Crippen LogP contribution is 2.33. The van der Waals surface area contributed by atoms with Gasteiger partial charge in [-0.3, -0.25) is 14.5 Å². The summed E-state index contributed by atoms with van der Waals surface area (Å²) in [6, 6.07) is 12.4. The van der Waals surface area contributed by atoms with Crippen LogP contribution in [0.5, 0.6) is 5.75 Å². The van der Waals surface area contributed by atoms with Gasteiger partial charge in [0.25, 0.3) is 11.1 Å². The Kier molecular flexibility index (Phi) is 6.10. The lowest BCUT2D eigenvalue weighted by Gasteiger charge is -2.12. The summed E-state index contributed by atoms with van der Waals surface area (Å²) in [4.78, 5) is 37.2. The summed E-state index contributed by atoms with van der Waals surface area (Å²) in [5.41, 5.74) is 1.37. The van der Waals surface area contributed by atoms with Gasteiger partial charge < -0.3 is 9.47 Å². The quantitative estimate of drug-likeness (QED) is 0.544. The first-order valence-electron chi connectivity index (χ1n) is 8.26. The van der Waals surface area contributed by atoms with Crippen LogP contribution in [-0.4, -0.2) is 35.7 Å². The molecule has 2 aromatic carbocycles. The third-order valence-corrected chi connectivity index (χ3v) is 4.80. The average Bonchev–Trinajstić information content (AvgIpc) is 2.96. The molecule has 0 radical (unpaired) electrons. The fourth-order valence-corrected chi connectivity index (χ4v) is 3.26.